The number of carbonyl (C=O) groups is 2. The molecule has 23 heavy (non-hydrogen) atoms. The lowest BCUT2D eigenvalue weighted by Gasteiger charge is -2.25. The number of carbonyl (C=O) groups excluding carboxylic acids is 1. The number of nitrogens with zero attached hydrogens (tertiary/aromatic N) is 1. The van der Waals surface area contributed by atoms with Gasteiger partial charge in [-0.2, -0.15) is 0 Å². The Morgan fingerprint density at radius 2 is 1.96 bits per heavy atom. The number of benzene rings is 1. The number of aromatic hydroxyl groups is 1. The molecule has 1 amide bonds. The van der Waals surface area contributed by atoms with E-state index >= 15 is 0 Å². The summed E-state index contributed by atoms with van der Waals surface area (Å²) in [6.07, 6.45) is 0.0409. The summed E-state index contributed by atoms with van der Waals surface area (Å²) in [6, 6.07) is 4.94. The minimum atomic E-state index is -3.72. The van der Waals surface area contributed by atoms with E-state index in [2.05, 4.69) is 0 Å². The second-order valence-electron chi connectivity index (χ2n) is 5.67. The van der Waals surface area contributed by atoms with Crippen LogP contribution < -0.4 is 5.14 Å². The maximum Gasteiger partial charge on any atom is 0.326 e. The number of phenols is 1. The first-order valence-corrected chi connectivity index (χ1v) is 8.68. The number of nitrogens with two attached hydrogens (primary N) is 1. The number of phenolic OH excluding ortho intramolecular Hbond substituents is 1. The molecular formula is C14H18N2O6S. The Morgan fingerprint density at radius 1 is 1.35 bits per heavy atom. The van der Waals surface area contributed by atoms with Crippen molar-refractivity contribution in [2.24, 2.45) is 11.1 Å². The zero-order chi connectivity index (χ0) is 17.2. The molecule has 1 aromatic carbocycles. The molecule has 1 saturated heterocycles. The number of aliphatic carboxylic acids is 1. The van der Waals surface area contributed by atoms with Crippen LogP contribution in [0.3, 0.4) is 0 Å². The molecule has 1 heterocycles. The van der Waals surface area contributed by atoms with E-state index in [1.165, 1.54) is 17.0 Å². The Hall–Kier alpha value is -2.13. The van der Waals surface area contributed by atoms with Crippen molar-refractivity contribution in [3.63, 3.8) is 0 Å². The molecule has 1 aliphatic rings. The van der Waals surface area contributed by atoms with Gasteiger partial charge >= 0.3 is 5.97 Å². The number of likely N-dealkylation sites (tertiary alicyclic amines) is 1. The lowest BCUT2D eigenvalue weighted by atomic mass is 10.0. The first-order valence-electron chi connectivity index (χ1n) is 6.96. The Labute approximate surface area is 133 Å². The molecule has 2 unspecified atom stereocenters. The van der Waals surface area contributed by atoms with Crippen molar-refractivity contribution in [3.8, 4) is 5.75 Å². The molecule has 126 valence electrons. The van der Waals surface area contributed by atoms with E-state index in [0.717, 1.165) is 0 Å². The minimum Gasteiger partial charge on any atom is -0.508 e. The third kappa shape index (κ3) is 4.67. The Balaban J connectivity index is 2.13. The first-order chi connectivity index (χ1) is 10.7. The van der Waals surface area contributed by atoms with Crippen molar-refractivity contribution in [1.29, 1.82) is 0 Å². The van der Waals surface area contributed by atoms with Gasteiger partial charge in [-0.25, -0.2) is 18.4 Å². The van der Waals surface area contributed by atoms with E-state index in [0.29, 0.717) is 5.56 Å². The number of hydrogen-bond acceptors (Lipinski definition) is 5. The van der Waals surface area contributed by atoms with Crippen molar-refractivity contribution >= 4 is 21.9 Å². The summed E-state index contributed by atoms with van der Waals surface area (Å²) in [6.45, 7) is 0.0459. The summed E-state index contributed by atoms with van der Waals surface area (Å²) in [5.41, 5.74) is 0.651. The summed E-state index contributed by atoms with van der Waals surface area (Å²) >= 11 is 0. The Morgan fingerprint density at radius 3 is 2.48 bits per heavy atom. The molecular weight excluding hydrogens is 324 g/mol. The van der Waals surface area contributed by atoms with Gasteiger partial charge in [-0.1, -0.05) is 12.1 Å². The monoisotopic (exact) mass is 342 g/mol. The summed E-state index contributed by atoms with van der Waals surface area (Å²) in [4.78, 5) is 24.7. The van der Waals surface area contributed by atoms with Gasteiger partial charge in [0.25, 0.3) is 0 Å². The lowest BCUT2D eigenvalue weighted by Crippen LogP contribution is -2.44. The minimum absolute atomic E-state index is 0.0320. The zero-order valence-corrected chi connectivity index (χ0v) is 13.1. The summed E-state index contributed by atoms with van der Waals surface area (Å²) in [7, 11) is -3.72. The highest BCUT2D eigenvalue weighted by atomic mass is 32.2. The van der Waals surface area contributed by atoms with E-state index in [4.69, 9.17) is 5.14 Å². The number of rotatable bonds is 6. The molecule has 1 fully saturated rings. The van der Waals surface area contributed by atoms with Crippen molar-refractivity contribution < 1.29 is 28.2 Å². The molecule has 2 atom stereocenters. The molecule has 9 heteroatoms. The number of hydrogen-bond donors (Lipinski definition) is 3. The van der Waals surface area contributed by atoms with Crippen molar-refractivity contribution in [3.05, 3.63) is 29.8 Å². The number of primary sulfonamides is 1. The number of amides is 1. The number of carboxylic acid groups (broad SMARTS) is 1. The van der Waals surface area contributed by atoms with Crippen LogP contribution in [0.15, 0.2) is 24.3 Å². The maximum absolute atomic E-state index is 12.0. The average Bonchev–Trinajstić information content (AvgIpc) is 2.76. The van der Waals surface area contributed by atoms with Gasteiger partial charge in [0, 0.05) is 25.3 Å². The molecule has 0 bridgehead atoms. The second kappa shape index (κ2) is 6.55. The quantitative estimate of drug-likeness (QED) is 0.638. The molecule has 1 aliphatic heterocycles. The fraction of sp³-hybridized carbons (Fsp3) is 0.429. The highest BCUT2D eigenvalue weighted by Crippen LogP contribution is 2.23. The van der Waals surface area contributed by atoms with Crippen LogP contribution in [0, 0.1) is 5.92 Å². The third-order valence-corrected chi connectivity index (χ3v) is 4.67. The van der Waals surface area contributed by atoms with Crippen molar-refractivity contribution in [2.75, 3.05) is 12.3 Å². The topological polar surface area (TPSA) is 138 Å². The fourth-order valence-electron chi connectivity index (χ4n) is 2.74. The lowest BCUT2D eigenvalue weighted by molar-refractivity contribution is -0.148. The van der Waals surface area contributed by atoms with Crippen LogP contribution in [-0.4, -0.2) is 53.7 Å². The summed E-state index contributed by atoms with van der Waals surface area (Å²) in [5, 5.41) is 23.6. The van der Waals surface area contributed by atoms with Gasteiger partial charge in [-0.3, -0.25) is 4.79 Å². The molecule has 0 saturated carbocycles. The zero-order valence-electron chi connectivity index (χ0n) is 12.3. The third-order valence-electron chi connectivity index (χ3n) is 3.73. The van der Waals surface area contributed by atoms with Crippen LogP contribution in [0.25, 0.3) is 0 Å². The van der Waals surface area contributed by atoms with Crippen LogP contribution in [0.5, 0.6) is 5.75 Å². The Kier molecular flexibility index (Phi) is 4.90. The van der Waals surface area contributed by atoms with Crippen LogP contribution in [0.2, 0.25) is 0 Å². The smallest absolute Gasteiger partial charge is 0.326 e. The molecule has 2 rings (SSSR count). The van der Waals surface area contributed by atoms with Crippen molar-refractivity contribution in [2.45, 2.75) is 18.9 Å². The summed E-state index contributed by atoms with van der Waals surface area (Å²) in [5.74, 6) is -2.35. The van der Waals surface area contributed by atoms with Crippen LogP contribution >= 0.6 is 0 Å². The highest BCUT2D eigenvalue weighted by Gasteiger charge is 2.38. The van der Waals surface area contributed by atoms with Crippen LogP contribution in [0.1, 0.15) is 12.0 Å². The van der Waals surface area contributed by atoms with E-state index in [9.17, 15) is 28.2 Å². The summed E-state index contributed by atoms with van der Waals surface area (Å²) < 4.78 is 22.3. The van der Waals surface area contributed by atoms with E-state index in [1.54, 1.807) is 12.1 Å². The van der Waals surface area contributed by atoms with Gasteiger partial charge in [-0.05, 0) is 17.7 Å². The van der Waals surface area contributed by atoms with Crippen LogP contribution in [-0.2, 0) is 26.0 Å². The maximum atomic E-state index is 12.0. The van der Waals surface area contributed by atoms with Gasteiger partial charge in [0.05, 0.1) is 5.75 Å². The first kappa shape index (κ1) is 17.2. The van der Waals surface area contributed by atoms with Gasteiger partial charge in [-0.15, -0.1) is 0 Å². The molecule has 0 spiro atoms. The van der Waals surface area contributed by atoms with E-state index in [-0.39, 0.29) is 30.9 Å². The van der Waals surface area contributed by atoms with E-state index in [1.807, 2.05) is 0 Å². The molecule has 0 aromatic heterocycles. The standard InChI is InChI=1S/C14H18N2O6S/c15-23(21,22)8-10-6-13(18)16(7-10)12(14(19)20)5-9-1-3-11(17)4-2-9/h1-4,10,12,17H,5-8H2,(H,19,20)(H2,15,21,22). The number of sulfonamides is 1. The molecule has 0 radical (unpaired) electrons. The molecule has 4 N–H and O–H groups in total. The molecule has 8 nitrogen and oxygen atoms in total. The SMILES string of the molecule is NS(=O)(=O)CC1CC(=O)N(C(Cc2ccc(O)cc2)C(=O)O)C1. The van der Waals surface area contributed by atoms with E-state index < -0.39 is 33.9 Å². The van der Waals surface area contributed by atoms with Gasteiger partial charge in [0.15, 0.2) is 0 Å². The van der Waals surface area contributed by atoms with Gasteiger partial charge in [0.2, 0.25) is 15.9 Å². The fourth-order valence-corrected chi connectivity index (χ4v) is 3.62. The average molecular weight is 342 g/mol. The highest BCUT2D eigenvalue weighted by molar-refractivity contribution is 7.89. The van der Waals surface area contributed by atoms with Gasteiger partial charge < -0.3 is 15.1 Å². The number of carboxylic acids is 1. The predicted molar refractivity (Wildman–Crippen MR) is 81.0 cm³/mol. The molecule has 1 aromatic rings. The van der Waals surface area contributed by atoms with Gasteiger partial charge in [0.1, 0.15) is 11.8 Å². The Bertz CT molecular complexity index is 700. The second-order valence-corrected chi connectivity index (χ2v) is 7.33. The largest absolute Gasteiger partial charge is 0.508 e. The van der Waals surface area contributed by atoms with Crippen molar-refractivity contribution in [1.82, 2.24) is 4.90 Å². The molecule has 0 aliphatic carbocycles. The predicted octanol–water partition coefficient (Wildman–Crippen LogP) is -0.475. The van der Waals surface area contributed by atoms with Crippen LogP contribution in [0.4, 0.5) is 0 Å². The normalized spacial score (nSPS) is 19.8.